The van der Waals surface area contributed by atoms with E-state index in [2.05, 4.69) is 19.9 Å². The van der Waals surface area contributed by atoms with Gasteiger partial charge in [0, 0.05) is 44.6 Å². The predicted molar refractivity (Wildman–Crippen MR) is 161 cm³/mol. The van der Waals surface area contributed by atoms with Crippen molar-refractivity contribution in [2.75, 3.05) is 51.7 Å². The first-order valence-corrected chi connectivity index (χ1v) is 14.1. The minimum Gasteiger partial charge on any atom is -0.480 e. The third kappa shape index (κ3) is 6.59. The molecule has 2 aromatic carbocycles. The first-order valence-electron chi connectivity index (χ1n) is 14.1. The molecule has 10 nitrogen and oxygen atoms in total. The highest BCUT2D eigenvalue weighted by Crippen LogP contribution is 2.32. The number of pyridine rings is 1. The molecule has 228 valence electrons. The van der Waals surface area contributed by atoms with Crippen molar-refractivity contribution in [3.8, 4) is 28.7 Å². The van der Waals surface area contributed by atoms with Gasteiger partial charge in [-0.15, -0.1) is 13.2 Å². The van der Waals surface area contributed by atoms with E-state index in [9.17, 15) is 13.2 Å². The van der Waals surface area contributed by atoms with Gasteiger partial charge in [-0.05, 0) is 60.7 Å². The first kappa shape index (κ1) is 29.4. The Morgan fingerprint density at radius 2 is 1.73 bits per heavy atom. The second-order valence-corrected chi connectivity index (χ2v) is 10.3. The summed E-state index contributed by atoms with van der Waals surface area (Å²) in [5.74, 6) is 6.05. The Hall–Kier alpha value is -4.72. The lowest BCUT2D eigenvalue weighted by Gasteiger charge is -2.31. The maximum absolute atomic E-state index is 12.8. The molecule has 3 N–H and O–H groups in total. The summed E-state index contributed by atoms with van der Waals surface area (Å²) in [6, 6.07) is 20.9. The van der Waals surface area contributed by atoms with Crippen LogP contribution < -0.4 is 26.0 Å². The Balaban J connectivity index is 1.48. The molecular weight excluding hydrogens is 573 g/mol. The van der Waals surface area contributed by atoms with Crippen LogP contribution in [0.1, 0.15) is 0 Å². The van der Waals surface area contributed by atoms with E-state index in [1.54, 1.807) is 25.4 Å². The van der Waals surface area contributed by atoms with E-state index in [4.69, 9.17) is 20.6 Å². The number of aromatic nitrogens is 3. The number of rotatable bonds is 8. The van der Waals surface area contributed by atoms with Crippen molar-refractivity contribution < 1.29 is 22.6 Å². The van der Waals surface area contributed by atoms with Gasteiger partial charge < -0.3 is 19.4 Å². The zero-order valence-electron chi connectivity index (χ0n) is 24.0. The summed E-state index contributed by atoms with van der Waals surface area (Å²) < 4.78 is 50.0. The number of nitrogens with one attached hydrogen (secondary N) is 1. The van der Waals surface area contributed by atoms with Gasteiger partial charge in [-0.3, -0.25) is 15.7 Å². The average Bonchev–Trinajstić information content (AvgIpc) is 3.01. The van der Waals surface area contributed by atoms with Crippen LogP contribution in [0, 0.1) is 0 Å². The number of nitrogens with zero attached hydrogens (tertiary/aromatic N) is 6. The van der Waals surface area contributed by atoms with Crippen LogP contribution in [-0.4, -0.2) is 77.2 Å². The number of methoxy groups -OCH3 is 1. The molecule has 0 atom stereocenters. The zero-order chi connectivity index (χ0) is 30.7. The fourth-order valence-electron chi connectivity index (χ4n) is 5.24. The molecule has 1 aromatic heterocycles. The monoisotopic (exact) mass is 604 g/mol. The normalized spacial score (nSPS) is 15.2. The molecule has 1 fully saturated rings. The minimum absolute atomic E-state index is 0.299. The summed E-state index contributed by atoms with van der Waals surface area (Å²) in [7, 11) is 1.56. The summed E-state index contributed by atoms with van der Waals surface area (Å²) in [6.45, 7) is 4.64. The van der Waals surface area contributed by atoms with Crippen LogP contribution in [-0.2, 0) is 0 Å². The van der Waals surface area contributed by atoms with Crippen LogP contribution in [0.3, 0.4) is 0 Å². The second-order valence-electron chi connectivity index (χ2n) is 10.3. The standard InChI is InChI=1S/C31H31F3N8O2/c1-43-30-24(6-4-12-37-30)39-26-19-27-29(20-25(26)36-13-14-40-15-17-41(35)18-16-40)42(28-7-3-2-5-23(28)38-27)21-8-10-22(11-9-21)44-31(32,33)34/h2-12,19-20,39H,13-18,35H2,1H3. The maximum atomic E-state index is 12.8. The average molecular weight is 605 g/mol. The lowest BCUT2D eigenvalue weighted by Crippen LogP contribution is -2.49. The molecule has 3 aliphatic rings. The molecule has 2 aliphatic heterocycles. The number of piperazine rings is 1. The number of para-hydroxylation sites is 2. The van der Waals surface area contributed by atoms with E-state index in [1.807, 2.05) is 58.1 Å². The molecule has 1 aliphatic carbocycles. The molecule has 0 saturated carbocycles. The number of hydrogen-bond donors (Lipinski definition) is 2. The maximum Gasteiger partial charge on any atom is 0.573 e. The Morgan fingerprint density at radius 3 is 2.48 bits per heavy atom. The van der Waals surface area contributed by atoms with Gasteiger partial charge in [0.15, 0.2) is 0 Å². The summed E-state index contributed by atoms with van der Waals surface area (Å²) in [6.07, 6.45) is -3.13. The Labute approximate surface area is 251 Å². The molecule has 3 aromatic rings. The molecule has 3 heterocycles. The molecule has 44 heavy (non-hydrogen) atoms. The zero-order valence-corrected chi connectivity index (χ0v) is 24.0. The predicted octanol–water partition coefficient (Wildman–Crippen LogP) is 4.57. The van der Waals surface area contributed by atoms with Crippen LogP contribution in [0.4, 0.5) is 24.5 Å². The van der Waals surface area contributed by atoms with Gasteiger partial charge in [-0.2, -0.15) is 0 Å². The molecule has 1 saturated heterocycles. The summed E-state index contributed by atoms with van der Waals surface area (Å²) >= 11 is 0. The number of ether oxygens (including phenoxy) is 2. The summed E-state index contributed by atoms with van der Waals surface area (Å²) in [4.78, 5) is 16.5. The molecular formula is C31H31F3N8O2. The lowest BCUT2D eigenvalue weighted by molar-refractivity contribution is -0.274. The van der Waals surface area contributed by atoms with E-state index in [0.29, 0.717) is 46.1 Å². The number of halogens is 3. The molecule has 0 bridgehead atoms. The van der Waals surface area contributed by atoms with Crippen LogP contribution >= 0.6 is 0 Å². The van der Waals surface area contributed by atoms with Crippen molar-refractivity contribution in [3.63, 3.8) is 0 Å². The smallest absolute Gasteiger partial charge is 0.480 e. The van der Waals surface area contributed by atoms with Crippen molar-refractivity contribution in [3.05, 3.63) is 84.4 Å². The van der Waals surface area contributed by atoms with Crippen molar-refractivity contribution in [2.24, 2.45) is 10.8 Å². The van der Waals surface area contributed by atoms with Crippen LogP contribution in [0.15, 0.2) is 84.0 Å². The highest BCUT2D eigenvalue weighted by atomic mass is 19.4. The number of anilines is 2. The molecule has 13 heteroatoms. The van der Waals surface area contributed by atoms with Crippen LogP contribution in [0.5, 0.6) is 11.6 Å². The number of nitrogens with two attached hydrogens (primary N) is 1. The van der Waals surface area contributed by atoms with Gasteiger partial charge in [0.2, 0.25) is 5.88 Å². The highest BCUT2D eigenvalue weighted by molar-refractivity contribution is 5.84. The molecule has 0 spiro atoms. The third-order valence-electron chi connectivity index (χ3n) is 7.36. The van der Waals surface area contributed by atoms with E-state index in [-0.39, 0.29) is 5.75 Å². The minimum atomic E-state index is -4.78. The topological polar surface area (TPSA) is 106 Å². The first-order chi connectivity index (χ1) is 21.3. The SMILES string of the molecule is COc1ncccc1Nc1cc2nc3ccccc3n(-c3ccc(OC(F)(F)F)cc3)c-2cc1=NCCN1CCN(N)CC1. The molecule has 0 radical (unpaired) electrons. The fraction of sp³-hybridized carbons (Fsp3) is 0.258. The second kappa shape index (κ2) is 12.5. The van der Waals surface area contributed by atoms with E-state index in [1.165, 1.54) is 12.1 Å². The van der Waals surface area contributed by atoms with Gasteiger partial charge in [-0.1, -0.05) is 12.1 Å². The van der Waals surface area contributed by atoms with Crippen molar-refractivity contribution in [2.45, 2.75) is 6.36 Å². The van der Waals surface area contributed by atoms with Crippen LogP contribution in [0.2, 0.25) is 0 Å². The third-order valence-corrected chi connectivity index (χ3v) is 7.36. The van der Waals surface area contributed by atoms with E-state index in [0.717, 1.165) is 43.9 Å². The van der Waals surface area contributed by atoms with Gasteiger partial charge in [0.1, 0.15) is 11.4 Å². The summed E-state index contributed by atoms with van der Waals surface area (Å²) in [5, 5.41) is 5.93. The van der Waals surface area contributed by atoms with Crippen molar-refractivity contribution >= 4 is 22.4 Å². The molecule has 0 amide bonds. The van der Waals surface area contributed by atoms with Crippen LogP contribution in [0.25, 0.3) is 28.1 Å². The Kier molecular flexibility index (Phi) is 8.33. The van der Waals surface area contributed by atoms with Gasteiger partial charge in [0.05, 0.1) is 47.1 Å². The number of hydrogen-bond acceptors (Lipinski definition) is 9. The van der Waals surface area contributed by atoms with E-state index >= 15 is 0 Å². The quantitative estimate of drug-likeness (QED) is 0.196. The number of hydrazine groups is 1. The number of fused-ring (bicyclic) bond motifs is 2. The Morgan fingerprint density at radius 1 is 0.955 bits per heavy atom. The van der Waals surface area contributed by atoms with E-state index < -0.39 is 6.36 Å². The van der Waals surface area contributed by atoms with Gasteiger partial charge in [-0.25, -0.2) is 15.0 Å². The Bertz CT molecular complexity index is 1780. The lowest BCUT2D eigenvalue weighted by atomic mass is 10.1. The number of benzene rings is 3. The molecule has 6 rings (SSSR count). The van der Waals surface area contributed by atoms with Gasteiger partial charge in [0.25, 0.3) is 0 Å². The van der Waals surface area contributed by atoms with Gasteiger partial charge >= 0.3 is 6.36 Å². The largest absolute Gasteiger partial charge is 0.573 e. The molecule has 0 unspecified atom stereocenters. The highest BCUT2D eigenvalue weighted by Gasteiger charge is 2.31. The fourth-order valence-corrected chi connectivity index (χ4v) is 5.24. The summed E-state index contributed by atoms with van der Waals surface area (Å²) in [5.41, 5.74) is 4.89. The van der Waals surface area contributed by atoms with Crippen molar-refractivity contribution in [1.29, 1.82) is 0 Å². The van der Waals surface area contributed by atoms with Crippen molar-refractivity contribution in [1.82, 2.24) is 24.4 Å². The number of alkyl halides is 3.